The zero-order chi connectivity index (χ0) is 15.5. The number of nitrogens with zero attached hydrogens (tertiary/aromatic N) is 1. The molecule has 0 saturated heterocycles. The lowest BCUT2D eigenvalue weighted by Crippen LogP contribution is -2.24. The van der Waals surface area contributed by atoms with Gasteiger partial charge in [-0.1, -0.05) is 0 Å². The summed E-state index contributed by atoms with van der Waals surface area (Å²) in [6.07, 6.45) is 2.09. The van der Waals surface area contributed by atoms with Crippen molar-refractivity contribution >= 4 is 22.4 Å². The summed E-state index contributed by atoms with van der Waals surface area (Å²) in [6.45, 7) is 3.10. The smallest absolute Gasteiger partial charge is 0.240 e. The lowest BCUT2D eigenvalue weighted by molar-refractivity contribution is -0.115. The lowest BCUT2D eigenvalue weighted by Gasteiger charge is -2.17. The second kappa shape index (κ2) is 6.46. The molecule has 0 saturated carbocycles. The molecule has 5 nitrogen and oxygen atoms in total. The van der Waals surface area contributed by atoms with Gasteiger partial charge in [0.25, 0.3) is 0 Å². The highest BCUT2D eigenvalue weighted by atomic mass is 32.1. The summed E-state index contributed by atoms with van der Waals surface area (Å²) in [4.78, 5) is 17.3. The Morgan fingerprint density at radius 3 is 3.14 bits per heavy atom. The molecular weight excluding hydrogens is 298 g/mol. The van der Waals surface area contributed by atoms with Crippen molar-refractivity contribution in [2.75, 3.05) is 25.5 Å². The van der Waals surface area contributed by atoms with Crippen molar-refractivity contribution in [2.45, 2.75) is 19.8 Å². The third-order valence-corrected chi connectivity index (χ3v) is 4.45. The van der Waals surface area contributed by atoms with Crippen LogP contribution < -0.4 is 15.4 Å². The molecule has 0 unspecified atom stereocenters. The zero-order valence-corrected chi connectivity index (χ0v) is 13.5. The van der Waals surface area contributed by atoms with Gasteiger partial charge in [-0.3, -0.25) is 4.79 Å². The van der Waals surface area contributed by atoms with Crippen LogP contribution in [0.4, 0.5) is 5.13 Å². The summed E-state index contributed by atoms with van der Waals surface area (Å²) >= 11 is 1.50. The second-order valence-electron chi connectivity index (χ2n) is 5.28. The van der Waals surface area contributed by atoms with Gasteiger partial charge in [0.2, 0.25) is 5.91 Å². The summed E-state index contributed by atoms with van der Waals surface area (Å²) in [5.41, 5.74) is 3.24. The number of hydrogen-bond donors (Lipinski definition) is 2. The van der Waals surface area contributed by atoms with Crippen molar-refractivity contribution in [1.29, 1.82) is 0 Å². The van der Waals surface area contributed by atoms with Gasteiger partial charge in [-0.25, -0.2) is 4.98 Å². The van der Waals surface area contributed by atoms with Crippen LogP contribution in [-0.2, 0) is 11.2 Å². The van der Waals surface area contributed by atoms with Gasteiger partial charge in [-0.05, 0) is 50.6 Å². The number of amides is 1. The fourth-order valence-corrected chi connectivity index (χ4v) is 3.40. The summed E-state index contributed by atoms with van der Waals surface area (Å²) in [5.74, 6) is 0.895. The molecule has 1 amide bonds. The number of likely N-dealkylation sites (N-methyl/N-ethyl adjacent to an activating group) is 1. The van der Waals surface area contributed by atoms with Crippen LogP contribution in [0.2, 0.25) is 0 Å². The summed E-state index contributed by atoms with van der Waals surface area (Å²) in [5, 5.41) is 6.28. The molecule has 0 atom stereocenters. The van der Waals surface area contributed by atoms with E-state index in [-0.39, 0.29) is 12.5 Å². The molecular formula is C16H19N3O2S. The van der Waals surface area contributed by atoms with Crippen LogP contribution in [0.15, 0.2) is 18.2 Å². The maximum absolute atomic E-state index is 11.6. The van der Waals surface area contributed by atoms with E-state index < -0.39 is 0 Å². The minimum atomic E-state index is -0.0818. The maximum Gasteiger partial charge on any atom is 0.240 e. The molecule has 22 heavy (non-hydrogen) atoms. The molecule has 1 aliphatic rings. The molecule has 1 aromatic heterocycles. The van der Waals surface area contributed by atoms with Crippen molar-refractivity contribution in [2.24, 2.45) is 0 Å². The molecule has 2 heterocycles. The Morgan fingerprint density at radius 1 is 1.45 bits per heavy atom. The van der Waals surface area contributed by atoms with Gasteiger partial charge in [0, 0.05) is 10.4 Å². The van der Waals surface area contributed by atoms with Gasteiger partial charge in [0.15, 0.2) is 5.13 Å². The number of nitrogens with one attached hydrogen (secondary N) is 2. The Kier molecular flexibility index (Phi) is 4.40. The third kappa shape index (κ3) is 3.13. The number of ether oxygens (including phenoxy) is 1. The van der Waals surface area contributed by atoms with Gasteiger partial charge in [0.05, 0.1) is 18.8 Å². The van der Waals surface area contributed by atoms with Gasteiger partial charge in [0.1, 0.15) is 5.75 Å². The van der Waals surface area contributed by atoms with E-state index in [0.29, 0.717) is 5.13 Å². The Labute approximate surface area is 133 Å². The number of anilines is 1. The first-order valence-corrected chi connectivity index (χ1v) is 8.17. The summed E-state index contributed by atoms with van der Waals surface area (Å²) in [7, 11) is 1.74. The highest BCUT2D eigenvalue weighted by Crippen LogP contribution is 2.34. The van der Waals surface area contributed by atoms with Crippen LogP contribution in [-0.4, -0.2) is 31.1 Å². The summed E-state index contributed by atoms with van der Waals surface area (Å²) < 4.78 is 5.65. The molecule has 0 fully saturated rings. The van der Waals surface area contributed by atoms with Gasteiger partial charge >= 0.3 is 0 Å². The number of aromatic nitrogens is 1. The monoisotopic (exact) mass is 317 g/mol. The molecule has 3 rings (SSSR count). The Morgan fingerprint density at radius 2 is 2.32 bits per heavy atom. The molecule has 1 aromatic carbocycles. The highest BCUT2D eigenvalue weighted by molar-refractivity contribution is 7.16. The lowest BCUT2D eigenvalue weighted by atomic mass is 10.0. The van der Waals surface area contributed by atoms with Crippen LogP contribution in [0, 0.1) is 6.92 Å². The van der Waals surface area contributed by atoms with E-state index >= 15 is 0 Å². The van der Waals surface area contributed by atoms with Gasteiger partial charge in [-0.15, -0.1) is 11.3 Å². The quantitative estimate of drug-likeness (QED) is 0.910. The predicted molar refractivity (Wildman–Crippen MR) is 88.7 cm³/mol. The van der Waals surface area contributed by atoms with Crippen molar-refractivity contribution in [3.05, 3.63) is 28.6 Å². The molecule has 0 radical (unpaired) electrons. The number of carbonyl (C=O) groups is 1. The first-order chi connectivity index (χ1) is 10.7. The van der Waals surface area contributed by atoms with Crippen molar-refractivity contribution in [3.8, 4) is 17.0 Å². The molecule has 2 N–H and O–H groups in total. The second-order valence-corrected chi connectivity index (χ2v) is 6.48. The number of aryl methyl sites for hydroxylation is 2. The van der Waals surface area contributed by atoms with Crippen LogP contribution in [0.5, 0.6) is 5.75 Å². The normalized spacial score (nSPS) is 13.4. The Hall–Kier alpha value is -1.92. The molecule has 1 aliphatic heterocycles. The standard InChI is InChI=1S/C16H19N3O2S/c1-10-15(19-16(22-10)18-14(20)9-17-2)12-5-6-13-11(8-12)4-3-7-21-13/h5-6,8,17H,3-4,7,9H2,1-2H3,(H,18,19,20). The largest absolute Gasteiger partial charge is 0.493 e. The van der Waals surface area contributed by atoms with Crippen LogP contribution in [0.1, 0.15) is 16.9 Å². The summed E-state index contributed by atoms with van der Waals surface area (Å²) in [6, 6.07) is 6.20. The number of thiazole rings is 1. The van der Waals surface area contributed by atoms with Crippen LogP contribution >= 0.6 is 11.3 Å². The van der Waals surface area contributed by atoms with E-state index in [2.05, 4.69) is 21.7 Å². The first-order valence-electron chi connectivity index (χ1n) is 7.35. The van der Waals surface area contributed by atoms with E-state index in [9.17, 15) is 4.79 Å². The number of fused-ring (bicyclic) bond motifs is 1. The number of benzene rings is 1. The molecule has 6 heteroatoms. The first kappa shape index (κ1) is 15.0. The van der Waals surface area contributed by atoms with Gasteiger partial charge < -0.3 is 15.4 Å². The van der Waals surface area contributed by atoms with Crippen LogP contribution in [0.3, 0.4) is 0 Å². The Bertz CT molecular complexity index is 697. The SMILES string of the molecule is CNCC(=O)Nc1nc(-c2ccc3c(c2)CCCO3)c(C)s1. The van der Waals surface area contributed by atoms with E-state index in [4.69, 9.17) is 4.74 Å². The maximum atomic E-state index is 11.6. The third-order valence-electron chi connectivity index (χ3n) is 3.56. The highest BCUT2D eigenvalue weighted by Gasteiger charge is 2.15. The predicted octanol–water partition coefficient (Wildman–Crippen LogP) is 2.60. The topological polar surface area (TPSA) is 63.2 Å². The van der Waals surface area contributed by atoms with Crippen molar-refractivity contribution in [1.82, 2.24) is 10.3 Å². The number of rotatable bonds is 4. The molecule has 116 valence electrons. The number of hydrogen-bond acceptors (Lipinski definition) is 5. The van der Waals surface area contributed by atoms with E-state index in [1.165, 1.54) is 16.9 Å². The fraction of sp³-hybridized carbons (Fsp3) is 0.375. The Balaban J connectivity index is 1.85. The fourth-order valence-electron chi connectivity index (χ4n) is 2.55. The zero-order valence-electron chi connectivity index (χ0n) is 12.7. The average Bonchev–Trinajstić information content (AvgIpc) is 2.87. The van der Waals surface area contributed by atoms with E-state index in [1.54, 1.807) is 7.05 Å². The van der Waals surface area contributed by atoms with Crippen molar-refractivity contribution < 1.29 is 9.53 Å². The van der Waals surface area contributed by atoms with Crippen LogP contribution in [0.25, 0.3) is 11.3 Å². The number of carbonyl (C=O) groups excluding carboxylic acids is 1. The molecule has 0 spiro atoms. The minimum absolute atomic E-state index is 0.0818. The molecule has 2 aromatic rings. The van der Waals surface area contributed by atoms with E-state index in [1.807, 2.05) is 19.1 Å². The average molecular weight is 317 g/mol. The van der Waals surface area contributed by atoms with Gasteiger partial charge in [-0.2, -0.15) is 0 Å². The molecule has 0 bridgehead atoms. The van der Waals surface area contributed by atoms with Crippen molar-refractivity contribution in [3.63, 3.8) is 0 Å². The minimum Gasteiger partial charge on any atom is -0.493 e. The van der Waals surface area contributed by atoms with E-state index in [0.717, 1.165) is 41.3 Å². The molecule has 0 aliphatic carbocycles.